The number of methoxy groups -OCH3 is 1. The zero-order valence-corrected chi connectivity index (χ0v) is 18.7. The van der Waals surface area contributed by atoms with Crippen molar-refractivity contribution in [2.45, 2.75) is 19.3 Å². The molecule has 0 amide bonds. The minimum Gasteiger partial charge on any atom is -0.497 e. The molecule has 1 aliphatic rings. The second-order valence-electron chi connectivity index (χ2n) is 7.62. The zero-order valence-electron chi connectivity index (χ0n) is 17.8. The Morgan fingerprint density at radius 2 is 1.85 bits per heavy atom. The molecular formula is C24H18F3NO5S. The number of fused-ring (bicyclic) bond motifs is 3. The molecular weight excluding hydrogens is 471 g/mol. The van der Waals surface area contributed by atoms with Crippen molar-refractivity contribution in [2.24, 2.45) is 0 Å². The number of rotatable bonds is 5. The first kappa shape index (κ1) is 22.3. The van der Waals surface area contributed by atoms with E-state index >= 15 is 0 Å². The minimum absolute atomic E-state index is 0.0168. The molecule has 4 aromatic rings. The molecule has 0 unspecified atom stereocenters. The minimum atomic E-state index is -4.95. The number of thiophene rings is 1. The summed E-state index contributed by atoms with van der Waals surface area (Å²) in [6, 6.07) is 12.7. The second kappa shape index (κ2) is 8.69. The molecule has 10 heteroatoms. The molecule has 2 aromatic heterocycles. The first-order valence-corrected chi connectivity index (χ1v) is 11.1. The van der Waals surface area contributed by atoms with Crippen LogP contribution in [0, 0.1) is 0 Å². The third-order valence-electron chi connectivity index (χ3n) is 5.36. The fourth-order valence-electron chi connectivity index (χ4n) is 3.76. The van der Waals surface area contributed by atoms with Gasteiger partial charge in [0.05, 0.1) is 18.1 Å². The fraction of sp³-hybridized carbons (Fsp3) is 0.208. The third kappa shape index (κ3) is 4.22. The highest BCUT2D eigenvalue weighted by molar-refractivity contribution is 7.09. The van der Waals surface area contributed by atoms with E-state index in [0.29, 0.717) is 23.6 Å². The van der Waals surface area contributed by atoms with Gasteiger partial charge in [-0.2, -0.15) is 13.2 Å². The van der Waals surface area contributed by atoms with Crippen LogP contribution in [0.2, 0.25) is 0 Å². The Labute approximate surface area is 195 Å². The lowest BCUT2D eigenvalue weighted by Crippen LogP contribution is -2.31. The highest BCUT2D eigenvalue weighted by atomic mass is 32.1. The lowest BCUT2D eigenvalue weighted by atomic mass is 10.1. The van der Waals surface area contributed by atoms with Crippen LogP contribution in [0.25, 0.3) is 11.0 Å². The molecule has 0 aliphatic carbocycles. The largest absolute Gasteiger partial charge is 0.497 e. The van der Waals surface area contributed by atoms with Crippen LogP contribution in [0.15, 0.2) is 63.1 Å². The molecule has 0 spiro atoms. The molecule has 0 saturated carbocycles. The van der Waals surface area contributed by atoms with E-state index in [9.17, 15) is 18.0 Å². The summed E-state index contributed by atoms with van der Waals surface area (Å²) in [7, 11) is 1.46. The number of hydrogen-bond donors (Lipinski definition) is 0. The molecule has 5 rings (SSSR count). The molecule has 2 aromatic carbocycles. The van der Waals surface area contributed by atoms with Crippen LogP contribution >= 0.6 is 11.3 Å². The van der Waals surface area contributed by atoms with Crippen LogP contribution in [0.4, 0.5) is 13.2 Å². The van der Waals surface area contributed by atoms with Crippen LogP contribution in [-0.4, -0.2) is 18.7 Å². The van der Waals surface area contributed by atoms with Gasteiger partial charge in [0.2, 0.25) is 11.2 Å². The van der Waals surface area contributed by atoms with E-state index in [1.165, 1.54) is 37.4 Å². The van der Waals surface area contributed by atoms with E-state index in [1.807, 2.05) is 22.4 Å². The van der Waals surface area contributed by atoms with Crippen molar-refractivity contribution in [1.82, 2.24) is 4.90 Å². The normalized spacial score (nSPS) is 14.0. The molecule has 34 heavy (non-hydrogen) atoms. The van der Waals surface area contributed by atoms with Gasteiger partial charge in [-0.25, -0.2) is 0 Å². The molecule has 0 atom stereocenters. The van der Waals surface area contributed by atoms with Crippen molar-refractivity contribution in [3.63, 3.8) is 0 Å². The Hall–Kier alpha value is -3.50. The van der Waals surface area contributed by atoms with Crippen LogP contribution in [0.5, 0.6) is 23.0 Å². The number of nitrogens with zero attached hydrogens (tertiary/aromatic N) is 1. The molecule has 3 heterocycles. The first-order chi connectivity index (χ1) is 16.3. The van der Waals surface area contributed by atoms with Gasteiger partial charge in [0, 0.05) is 18.0 Å². The van der Waals surface area contributed by atoms with Crippen molar-refractivity contribution >= 4 is 22.3 Å². The summed E-state index contributed by atoms with van der Waals surface area (Å²) in [4.78, 5) is 16.2. The summed E-state index contributed by atoms with van der Waals surface area (Å²) >= 11 is 1.57. The van der Waals surface area contributed by atoms with E-state index < -0.39 is 23.1 Å². The summed E-state index contributed by atoms with van der Waals surface area (Å²) in [5.41, 5.74) is -0.686. The van der Waals surface area contributed by atoms with Crippen molar-refractivity contribution in [3.8, 4) is 23.0 Å². The van der Waals surface area contributed by atoms with Gasteiger partial charge in [-0.05, 0) is 47.8 Å². The van der Waals surface area contributed by atoms with E-state index in [0.717, 1.165) is 4.88 Å². The van der Waals surface area contributed by atoms with Crippen LogP contribution in [0.1, 0.15) is 16.2 Å². The smallest absolute Gasteiger partial charge is 0.453 e. The van der Waals surface area contributed by atoms with Gasteiger partial charge in [-0.1, -0.05) is 6.07 Å². The maximum atomic E-state index is 14.0. The molecule has 0 fully saturated rings. The SMILES string of the molecule is COc1ccc(Oc2c(C(F)(F)F)oc3c4c(ccc3c2=O)OCN(Cc2cccs2)C4)cc1. The van der Waals surface area contributed by atoms with Gasteiger partial charge >= 0.3 is 6.18 Å². The number of benzene rings is 2. The Morgan fingerprint density at radius 1 is 1.09 bits per heavy atom. The van der Waals surface area contributed by atoms with Crippen LogP contribution < -0.4 is 19.6 Å². The Kier molecular flexibility index (Phi) is 5.70. The van der Waals surface area contributed by atoms with Crippen molar-refractivity contribution in [2.75, 3.05) is 13.8 Å². The number of ether oxygens (including phenoxy) is 3. The van der Waals surface area contributed by atoms with E-state index in [4.69, 9.17) is 18.6 Å². The molecule has 6 nitrogen and oxygen atoms in total. The maximum Gasteiger partial charge on any atom is 0.453 e. The zero-order chi connectivity index (χ0) is 23.9. The molecule has 176 valence electrons. The number of hydrogen-bond acceptors (Lipinski definition) is 7. The maximum absolute atomic E-state index is 14.0. The van der Waals surface area contributed by atoms with Gasteiger partial charge in [0.1, 0.15) is 29.6 Å². The average molecular weight is 489 g/mol. The molecule has 0 radical (unpaired) electrons. The summed E-state index contributed by atoms with van der Waals surface area (Å²) in [6.07, 6.45) is -4.95. The predicted octanol–water partition coefficient (Wildman–Crippen LogP) is 6.03. The van der Waals surface area contributed by atoms with Crippen molar-refractivity contribution in [1.29, 1.82) is 0 Å². The van der Waals surface area contributed by atoms with Crippen LogP contribution in [0.3, 0.4) is 0 Å². The van der Waals surface area contributed by atoms with E-state index in [-0.39, 0.29) is 30.0 Å². The van der Waals surface area contributed by atoms with Crippen molar-refractivity contribution < 1.29 is 31.8 Å². The standard InChI is InChI=1S/C24H18F3NO5S/c1-30-14-4-6-15(7-5-14)32-22-20(29)17-8-9-19-18(21(17)33-23(22)24(25,26)27)12-28(13-31-19)11-16-3-2-10-34-16/h2-10H,11-13H2,1H3. The predicted molar refractivity (Wildman–Crippen MR) is 120 cm³/mol. The highest BCUT2D eigenvalue weighted by Crippen LogP contribution is 2.41. The van der Waals surface area contributed by atoms with Gasteiger partial charge in [0.15, 0.2) is 0 Å². The quantitative estimate of drug-likeness (QED) is 0.341. The number of halogens is 3. The van der Waals surface area contributed by atoms with E-state index in [2.05, 4.69) is 0 Å². The second-order valence-corrected chi connectivity index (χ2v) is 8.66. The van der Waals surface area contributed by atoms with Gasteiger partial charge < -0.3 is 18.6 Å². The lowest BCUT2D eigenvalue weighted by Gasteiger charge is -2.29. The lowest BCUT2D eigenvalue weighted by molar-refractivity contribution is -0.154. The first-order valence-electron chi connectivity index (χ1n) is 10.2. The Balaban J connectivity index is 1.59. The topological polar surface area (TPSA) is 61.1 Å². The Bertz CT molecular complexity index is 1380. The molecule has 0 bridgehead atoms. The molecule has 0 saturated heterocycles. The average Bonchev–Trinajstić information content (AvgIpc) is 3.33. The van der Waals surface area contributed by atoms with Gasteiger partial charge in [-0.15, -0.1) is 11.3 Å². The fourth-order valence-corrected chi connectivity index (χ4v) is 4.51. The molecule has 1 aliphatic heterocycles. The Morgan fingerprint density at radius 3 is 2.53 bits per heavy atom. The summed E-state index contributed by atoms with van der Waals surface area (Å²) < 4.78 is 63.4. The third-order valence-corrected chi connectivity index (χ3v) is 6.22. The van der Waals surface area contributed by atoms with Crippen molar-refractivity contribution in [3.05, 3.63) is 80.3 Å². The van der Waals surface area contributed by atoms with Crippen LogP contribution in [-0.2, 0) is 19.3 Å². The monoisotopic (exact) mass is 489 g/mol. The van der Waals surface area contributed by atoms with Gasteiger partial charge in [-0.3, -0.25) is 9.69 Å². The summed E-state index contributed by atoms with van der Waals surface area (Å²) in [6.45, 7) is 1.09. The number of alkyl halides is 3. The summed E-state index contributed by atoms with van der Waals surface area (Å²) in [5, 5.41) is 1.93. The van der Waals surface area contributed by atoms with Gasteiger partial charge in [0.25, 0.3) is 5.76 Å². The molecule has 0 N–H and O–H groups in total. The highest BCUT2D eigenvalue weighted by Gasteiger charge is 2.41. The van der Waals surface area contributed by atoms with E-state index in [1.54, 1.807) is 17.4 Å². The summed E-state index contributed by atoms with van der Waals surface area (Å²) in [5.74, 6) is -1.49.